The summed E-state index contributed by atoms with van der Waals surface area (Å²) in [6, 6.07) is 14.7. The van der Waals surface area contributed by atoms with Gasteiger partial charge < -0.3 is 25.7 Å². The second-order valence-corrected chi connectivity index (χ2v) is 5.77. The summed E-state index contributed by atoms with van der Waals surface area (Å²) >= 11 is 0. The molecule has 0 bridgehead atoms. The predicted octanol–water partition coefficient (Wildman–Crippen LogP) is 2.78. The quantitative estimate of drug-likeness (QED) is 0.671. The summed E-state index contributed by atoms with van der Waals surface area (Å²) in [7, 11) is 3.15. The Morgan fingerprint density at radius 1 is 0.964 bits per heavy atom. The van der Waals surface area contributed by atoms with Crippen molar-refractivity contribution in [3.8, 4) is 34.6 Å². The van der Waals surface area contributed by atoms with Crippen LogP contribution in [0.25, 0.3) is 11.3 Å². The van der Waals surface area contributed by atoms with E-state index < -0.39 is 0 Å². The summed E-state index contributed by atoms with van der Waals surface area (Å²) in [6.45, 7) is 0.218. The van der Waals surface area contributed by atoms with Gasteiger partial charge in [-0.25, -0.2) is 4.98 Å². The van der Waals surface area contributed by atoms with Gasteiger partial charge in [0.05, 0.1) is 19.9 Å². The highest BCUT2D eigenvalue weighted by Gasteiger charge is 2.16. The zero-order valence-corrected chi connectivity index (χ0v) is 15.5. The predicted molar refractivity (Wildman–Crippen MR) is 105 cm³/mol. The minimum atomic E-state index is -0.00543. The van der Waals surface area contributed by atoms with Crippen LogP contribution in [0, 0.1) is 11.3 Å². The molecular formula is C20H19N5O3. The summed E-state index contributed by atoms with van der Waals surface area (Å²) in [5.74, 6) is 1.89. The summed E-state index contributed by atoms with van der Waals surface area (Å²) in [5, 5.41) is 9.42. The number of anilines is 2. The van der Waals surface area contributed by atoms with E-state index in [2.05, 4.69) is 9.97 Å². The molecule has 0 radical (unpaired) electrons. The third-order valence-electron chi connectivity index (χ3n) is 4.07. The van der Waals surface area contributed by atoms with Crippen LogP contribution in [0.5, 0.6) is 17.2 Å². The largest absolute Gasteiger partial charge is 0.496 e. The van der Waals surface area contributed by atoms with E-state index in [1.54, 1.807) is 26.4 Å². The van der Waals surface area contributed by atoms with Crippen LogP contribution in [0.3, 0.4) is 0 Å². The van der Waals surface area contributed by atoms with Crippen molar-refractivity contribution in [3.63, 3.8) is 0 Å². The van der Waals surface area contributed by atoms with Crippen molar-refractivity contribution in [1.82, 2.24) is 9.97 Å². The molecule has 3 rings (SSSR count). The van der Waals surface area contributed by atoms with E-state index in [0.717, 1.165) is 5.56 Å². The normalized spacial score (nSPS) is 10.2. The van der Waals surface area contributed by atoms with Gasteiger partial charge in [0.2, 0.25) is 5.95 Å². The molecule has 0 amide bonds. The van der Waals surface area contributed by atoms with Gasteiger partial charge in [0.25, 0.3) is 0 Å². The van der Waals surface area contributed by atoms with E-state index in [1.165, 1.54) is 0 Å². The topological polar surface area (TPSA) is 129 Å². The van der Waals surface area contributed by atoms with Crippen molar-refractivity contribution in [2.75, 3.05) is 25.7 Å². The first-order valence-corrected chi connectivity index (χ1v) is 8.33. The van der Waals surface area contributed by atoms with Crippen molar-refractivity contribution in [2.45, 2.75) is 6.61 Å². The molecule has 1 heterocycles. The number of methoxy groups -OCH3 is 2. The zero-order valence-electron chi connectivity index (χ0n) is 15.5. The Labute approximate surface area is 162 Å². The number of nitrogens with zero attached hydrogens (tertiary/aromatic N) is 3. The van der Waals surface area contributed by atoms with Crippen LogP contribution in [-0.2, 0) is 6.61 Å². The van der Waals surface area contributed by atoms with Crippen LogP contribution in [-0.4, -0.2) is 24.2 Å². The molecule has 0 spiro atoms. The molecule has 28 heavy (non-hydrogen) atoms. The monoisotopic (exact) mass is 377 g/mol. The molecule has 8 heteroatoms. The molecule has 4 N–H and O–H groups in total. The van der Waals surface area contributed by atoms with Gasteiger partial charge in [-0.1, -0.05) is 12.1 Å². The van der Waals surface area contributed by atoms with E-state index in [0.29, 0.717) is 28.5 Å². The molecule has 0 saturated heterocycles. The average Bonchev–Trinajstić information content (AvgIpc) is 2.71. The Hall–Kier alpha value is -3.99. The lowest BCUT2D eigenvalue weighted by Gasteiger charge is -2.14. The number of aromatic nitrogens is 2. The third kappa shape index (κ3) is 3.73. The molecule has 0 atom stereocenters. The van der Waals surface area contributed by atoms with Gasteiger partial charge >= 0.3 is 0 Å². The Morgan fingerprint density at radius 2 is 1.68 bits per heavy atom. The van der Waals surface area contributed by atoms with Crippen LogP contribution < -0.4 is 25.7 Å². The van der Waals surface area contributed by atoms with Gasteiger partial charge in [-0.3, -0.25) is 0 Å². The number of hydrogen-bond acceptors (Lipinski definition) is 8. The number of nitriles is 1. The summed E-state index contributed by atoms with van der Waals surface area (Å²) in [4.78, 5) is 8.02. The van der Waals surface area contributed by atoms with Crippen LogP contribution in [0.15, 0.2) is 42.5 Å². The zero-order chi connectivity index (χ0) is 20.1. The van der Waals surface area contributed by atoms with E-state index in [4.69, 9.17) is 25.7 Å². The number of benzene rings is 2. The minimum absolute atomic E-state index is 0.00543. The van der Waals surface area contributed by atoms with E-state index in [-0.39, 0.29) is 23.9 Å². The van der Waals surface area contributed by atoms with Crippen molar-refractivity contribution in [2.24, 2.45) is 0 Å². The van der Waals surface area contributed by atoms with Gasteiger partial charge in [0, 0.05) is 11.1 Å². The fourth-order valence-electron chi connectivity index (χ4n) is 2.75. The second-order valence-electron chi connectivity index (χ2n) is 5.77. The van der Waals surface area contributed by atoms with Crippen LogP contribution in [0.2, 0.25) is 0 Å². The highest BCUT2D eigenvalue weighted by molar-refractivity contribution is 5.74. The average molecular weight is 377 g/mol. The maximum Gasteiger partial charge on any atom is 0.222 e. The molecule has 0 aliphatic carbocycles. The van der Waals surface area contributed by atoms with Crippen molar-refractivity contribution in [1.29, 1.82) is 5.26 Å². The fourth-order valence-corrected chi connectivity index (χ4v) is 2.75. The van der Waals surface area contributed by atoms with Crippen molar-refractivity contribution < 1.29 is 14.2 Å². The SMILES string of the molecule is COc1ccc(-c2nc(N)nc(N)c2C#N)cc1COc1ccccc1OC. The lowest BCUT2D eigenvalue weighted by atomic mass is 10.0. The number of rotatable bonds is 6. The maximum absolute atomic E-state index is 9.42. The molecule has 1 aromatic heterocycles. The van der Waals surface area contributed by atoms with Crippen molar-refractivity contribution >= 4 is 11.8 Å². The summed E-state index contributed by atoms with van der Waals surface area (Å²) in [6.07, 6.45) is 0. The molecular weight excluding hydrogens is 358 g/mol. The van der Waals surface area contributed by atoms with Crippen molar-refractivity contribution in [3.05, 3.63) is 53.6 Å². The smallest absolute Gasteiger partial charge is 0.222 e. The first-order valence-electron chi connectivity index (χ1n) is 8.33. The fraction of sp³-hybridized carbons (Fsp3) is 0.150. The summed E-state index contributed by atoms with van der Waals surface area (Å²) in [5.41, 5.74) is 13.4. The first kappa shape index (κ1) is 18.8. The van der Waals surface area contributed by atoms with Gasteiger partial charge in [0.15, 0.2) is 11.5 Å². The Morgan fingerprint density at radius 3 is 2.36 bits per heavy atom. The lowest BCUT2D eigenvalue weighted by Crippen LogP contribution is -2.06. The Bertz CT molecular complexity index is 1050. The molecule has 3 aromatic rings. The van der Waals surface area contributed by atoms with Gasteiger partial charge in [0.1, 0.15) is 29.8 Å². The van der Waals surface area contributed by atoms with E-state index in [9.17, 15) is 5.26 Å². The molecule has 8 nitrogen and oxygen atoms in total. The van der Waals surface area contributed by atoms with Crippen LogP contribution in [0.1, 0.15) is 11.1 Å². The number of nitrogen functional groups attached to an aromatic ring is 2. The Kier molecular flexibility index (Phi) is 5.46. The van der Waals surface area contributed by atoms with Crippen LogP contribution in [0.4, 0.5) is 11.8 Å². The van der Waals surface area contributed by atoms with Gasteiger partial charge in [-0.05, 0) is 30.3 Å². The number of nitrogens with two attached hydrogens (primary N) is 2. The molecule has 0 fully saturated rings. The maximum atomic E-state index is 9.42. The number of hydrogen-bond donors (Lipinski definition) is 2. The highest BCUT2D eigenvalue weighted by atomic mass is 16.5. The third-order valence-corrected chi connectivity index (χ3v) is 4.07. The van der Waals surface area contributed by atoms with Crippen LogP contribution >= 0.6 is 0 Å². The molecule has 0 unspecified atom stereocenters. The molecule has 0 saturated carbocycles. The molecule has 0 aliphatic rings. The molecule has 142 valence electrons. The number of para-hydroxylation sites is 2. The van der Waals surface area contributed by atoms with Gasteiger partial charge in [-0.15, -0.1) is 0 Å². The standard InChI is InChI=1S/C20H19N5O3/c1-26-15-8-7-12(18-14(10-21)19(22)25-20(23)24-18)9-13(15)11-28-17-6-4-3-5-16(17)27-2/h3-9H,11H2,1-2H3,(H4,22,23,24,25). The summed E-state index contributed by atoms with van der Waals surface area (Å²) < 4.78 is 16.6. The highest BCUT2D eigenvalue weighted by Crippen LogP contribution is 2.32. The molecule has 2 aromatic carbocycles. The Balaban J connectivity index is 1.99. The minimum Gasteiger partial charge on any atom is -0.496 e. The molecule has 0 aliphatic heterocycles. The van der Waals surface area contributed by atoms with E-state index in [1.807, 2.05) is 36.4 Å². The first-order chi connectivity index (χ1) is 13.6. The van der Waals surface area contributed by atoms with E-state index >= 15 is 0 Å². The number of ether oxygens (including phenoxy) is 3. The van der Waals surface area contributed by atoms with Gasteiger partial charge in [-0.2, -0.15) is 10.2 Å². The lowest BCUT2D eigenvalue weighted by molar-refractivity contribution is 0.278. The second kappa shape index (κ2) is 8.14.